The van der Waals surface area contributed by atoms with Crippen LogP contribution < -0.4 is 10.2 Å². The quantitative estimate of drug-likeness (QED) is 0.311. The van der Waals surface area contributed by atoms with Crippen molar-refractivity contribution in [2.45, 2.75) is 12.8 Å². The normalized spacial score (nSPS) is 11.0. The molecule has 0 unspecified atom stereocenters. The van der Waals surface area contributed by atoms with E-state index in [1.807, 2.05) is 0 Å². The Morgan fingerprint density at radius 3 is 2.48 bits per heavy atom. The Balaban J connectivity index is 1.74. The van der Waals surface area contributed by atoms with Gasteiger partial charge in [0.1, 0.15) is 21.5 Å². The van der Waals surface area contributed by atoms with Crippen molar-refractivity contribution in [1.29, 1.82) is 0 Å². The van der Waals surface area contributed by atoms with Crippen molar-refractivity contribution >= 4 is 56.5 Å². The third kappa shape index (κ3) is 4.55. The molecule has 0 aliphatic heterocycles. The van der Waals surface area contributed by atoms with Gasteiger partial charge in [-0.3, -0.25) is 19.7 Å². The van der Waals surface area contributed by atoms with E-state index in [1.165, 1.54) is 23.9 Å². The van der Waals surface area contributed by atoms with Gasteiger partial charge in [-0.05, 0) is 48.5 Å². The maximum atomic E-state index is 13.4. The van der Waals surface area contributed by atoms with Crippen LogP contribution in [0.2, 0.25) is 10.0 Å². The van der Waals surface area contributed by atoms with Crippen molar-refractivity contribution in [3.8, 4) is 17.0 Å². The molecule has 0 bridgehead atoms. The Morgan fingerprint density at radius 2 is 1.82 bits per heavy atom. The molecule has 10 heteroatoms. The highest BCUT2D eigenvalue weighted by Crippen LogP contribution is 2.43. The second kappa shape index (κ2) is 9.43. The molecule has 4 aromatic rings. The van der Waals surface area contributed by atoms with Gasteiger partial charge in [0.25, 0.3) is 5.91 Å². The van der Waals surface area contributed by atoms with Crippen molar-refractivity contribution in [1.82, 2.24) is 4.68 Å². The first-order valence-electron chi connectivity index (χ1n) is 9.74. The number of rotatable bonds is 7. The van der Waals surface area contributed by atoms with Crippen LogP contribution in [0.4, 0.5) is 4.39 Å². The van der Waals surface area contributed by atoms with Crippen molar-refractivity contribution in [3.05, 3.63) is 75.0 Å². The largest absolute Gasteiger partial charge is 0.495 e. The SMILES string of the molecule is COc1ccc2c(Cl)c(C(=O)Nn3c(CCC(=O)O)ccc3-c3ccc(F)cc3)sc2c1Cl. The predicted octanol–water partition coefficient (Wildman–Crippen LogP) is 6.23. The minimum atomic E-state index is -0.964. The number of ether oxygens (including phenoxy) is 1. The number of hydrogen-bond acceptors (Lipinski definition) is 4. The summed E-state index contributed by atoms with van der Waals surface area (Å²) < 4.78 is 20.8. The fourth-order valence-corrected chi connectivity index (χ4v) is 5.21. The fraction of sp³-hybridized carbons (Fsp3) is 0.130. The Hall–Kier alpha value is -3.07. The summed E-state index contributed by atoms with van der Waals surface area (Å²) in [7, 11) is 1.50. The number of aromatic nitrogens is 1. The Labute approximate surface area is 202 Å². The standard InChI is InChI=1S/C23H17Cl2FN2O4S/c1-32-17-10-8-15-19(24)22(33-21(15)20(17)25)23(31)27-28-14(7-11-18(29)30)6-9-16(28)12-2-4-13(26)5-3-12/h2-6,8-10H,7,11H2,1H3,(H,27,31)(H,29,30). The van der Waals surface area contributed by atoms with Gasteiger partial charge in [-0.1, -0.05) is 23.2 Å². The molecule has 0 saturated carbocycles. The molecule has 1 amide bonds. The molecule has 2 aromatic carbocycles. The number of carboxylic acids is 1. The summed E-state index contributed by atoms with van der Waals surface area (Å²) in [6, 6.07) is 12.6. The highest BCUT2D eigenvalue weighted by atomic mass is 35.5. The van der Waals surface area contributed by atoms with E-state index in [0.717, 1.165) is 11.3 Å². The molecule has 6 nitrogen and oxygen atoms in total. The molecule has 2 heterocycles. The number of carbonyl (C=O) groups is 2. The van der Waals surface area contributed by atoms with Crippen molar-refractivity contribution in [3.63, 3.8) is 0 Å². The predicted molar refractivity (Wildman–Crippen MR) is 128 cm³/mol. The number of nitrogens with zero attached hydrogens (tertiary/aromatic N) is 1. The molecular weight excluding hydrogens is 490 g/mol. The van der Waals surface area contributed by atoms with Gasteiger partial charge in [-0.2, -0.15) is 0 Å². The number of nitrogens with one attached hydrogen (secondary N) is 1. The fourth-order valence-electron chi connectivity index (χ4n) is 3.42. The number of aliphatic carboxylic acids is 1. The van der Waals surface area contributed by atoms with Crippen LogP contribution in [-0.4, -0.2) is 28.8 Å². The van der Waals surface area contributed by atoms with Gasteiger partial charge in [0, 0.05) is 23.1 Å². The van der Waals surface area contributed by atoms with Crippen LogP contribution in [-0.2, 0) is 11.2 Å². The van der Waals surface area contributed by atoms with Gasteiger partial charge in [0.15, 0.2) is 0 Å². The van der Waals surface area contributed by atoms with Crippen molar-refractivity contribution < 1.29 is 23.8 Å². The zero-order valence-corrected chi connectivity index (χ0v) is 19.5. The summed E-state index contributed by atoms with van der Waals surface area (Å²) in [5.74, 6) is -1.38. The summed E-state index contributed by atoms with van der Waals surface area (Å²) in [5.41, 5.74) is 4.59. The molecule has 0 atom stereocenters. The van der Waals surface area contributed by atoms with E-state index in [-0.39, 0.29) is 22.7 Å². The Morgan fingerprint density at radius 1 is 1.09 bits per heavy atom. The molecule has 2 aromatic heterocycles. The smallest absolute Gasteiger partial charge is 0.303 e. The van der Waals surface area contributed by atoms with Crippen molar-refractivity contribution in [2.24, 2.45) is 0 Å². The van der Waals surface area contributed by atoms with Gasteiger partial charge in [-0.15, -0.1) is 11.3 Å². The molecule has 0 saturated heterocycles. The Kier molecular flexibility index (Phi) is 6.60. The van der Waals surface area contributed by atoms with Gasteiger partial charge in [-0.25, -0.2) is 4.39 Å². The zero-order chi connectivity index (χ0) is 23.7. The highest BCUT2D eigenvalue weighted by molar-refractivity contribution is 7.22. The maximum absolute atomic E-state index is 13.4. The van der Waals surface area contributed by atoms with Gasteiger partial charge in [0.05, 0.1) is 28.9 Å². The molecule has 0 spiro atoms. The lowest BCUT2D eigenvalue weighted by atomic mass is 10.1. The van der Waals surface area contributed by atoms with Crippen LogP contribution in [0.25, 0.3) is 21.3 Å². The second-order valence-electron chi connectivity index (χ2n) is 7.09. The highest BCUT2D eigenvalue weighted by Gasteiger charge is 2.22. The van der Waals surface area contributed by atoms with E-state index in [1.54, 1.807) is 36.4 Å². The molecule has 4 rings (SSSR count). The monoisotopic (exact) mass is 506 g/mol. The molecule has 0 fully saturated rings. The molecule has 0 aliphatic rings. The first-order valence-corrected chi connectivity index (χ1v) is 11.3. The maximum Gasteiger partial charge on any atom is 0.303 e. The first kappa shape index (κ1) is 23.1. The summed E-state index contributed by atoms with van der Waals surface area (Å²) >= 11 is 14.0. The third-order valence-electron chi connectivity index (χ3n) is 5.04. The van der Waals surface area contributed by atoms with Crippen LogP contribution in [0, 0.1) is 5.82 Å². The van der Waals surface area contributed by atoms with E-state index >= 15 is 0 Å². The van der Waals surface area contributed by atoms with Gasteiger partial charge in [0.2, 0.25) is 0 Å². The van der Waals surface area contributed by atoms with E-state index in [2.05, 4.69) is 5.43 Å². The molecular formula is C23H17Cl2FN2O4S. The van der Waals surface area contributed by atoms with E-state index < -0.39 is 17.7 Å². The van der Waals surface area contributed by atoms with Gasteiger partial charge < -0.3 is 9.84 Å². The lowest BCUT2D eigenvalue weighted by molar-refractivity contribution is -0.136. The average molecular weight is 507 g/mol. The lowest BCUT2D eigenvalue weighted by Gasteiger charge is -2.14. The summed E-state index contributed by atoms with van der Waals surface area (Å²) in [5, 5.41) is 10.3. The van der Waals surface area contributed by atoms with E-state index in [0.29, 0.717) is 37.8 Å². The van der Waals surface area contributed by atoms with Crippen LogP contribution in [0.5, 0.6) is 5.75 Å². The molecule has 33 heavy (non-hydrogen) atoms. The lowest BCUT2D eigenvalue weighted by Crippen LogP contribution is -2.25. The minimum absolute atomic E-state index is 0.123. The first-order chi connectivity index (χ1) is 15.8. The summed E-state index contributed by atoms with van der Waals surface area (Å²) in [4.78, 5) is 24.6. The number of thiophene rings is 1. The number of amides is 1. The average Bonchev–Trinajstić information content (AvgIpc) is 3.34. The molecule has 0 radical (unpaired) electrons. The molecule has 2 N–H and O–H groups in total. The Bertz CT molecular complexity index is 1370. The number of benzene rings is 2. The third-order valence-corrected chi connectivity index (χ3v) is 7.25. The van der Waals surface area contributed by atoms with Crippen LogP contribution in [0.1, 0.15) is 21.8 Å². The summed E-state index contributed by atoms with van der Waals surface area (Å²) in [6.45, 7) is 0. The van der Waals surface area contributed by atoms with Crippen LogP contribution in [0.3, 0.4) is 0 Å². The topological polar surface area (TPSA) is 80.6 Å². The van der Waals surface area contributed by atoms with Crippen LogP contribution in [0.15, 0.2) is 48.5 Å². The minimum Gasteiger partial charge on any atom is -0.495 e. The number of hydrogen-bond donors (Lipinski definition) is 2. The number of methoxy groups -OCH3 is 1. The number of halogens is 3. The second-order valence-corrected chi connectivity index (χ2v) is 8.87. The zero-order valence-electron chi connectivity index (χ0n) is 17.2. The summed E-state index contributed by atoms with van der Waals surface area (Å²) in [6.07, 6.45) is 0.0573. The van der Waals surface area contributed by atoms with E-state index in [9.17, 15) is 14.0 Å². The van der Waals surface area contributed by atoms with Gasteiger partial charge >= 0.3 is 5.97 Å². The number of carbonyl (C=O) groups excluding carboxylic acids is 1. The number of aryl methyl sites for hydroxylation is 1. The molecule has 0 aliphatic carbocycles. The number of carboxylic acid groups (broad SMARTS) is 1. The van der Waals surface area contributed by atoms with Crippen LogP contribution >= 0.6 is 34.5 Å². The van der Waals surface area contributed by atoms with E-state index in [4.69, 9.17) is 33.0 Å². The number of fused-ring (bicyclic) bond motifs is 1. The van der Waals surface area contributed by atoms with Crippen molar-refractivity contribution in [2.75, 3.05) is 12.5 Å². The molecule has 170 valence electrons.